The molecule has 11 heteroatoms. The molecule has 0 spiro atoms. The molecule has 9 atom stereocenters. The van der Waals surface area contributed by atoms with Crippen LogP contribution in [0.5, 0.6) is 0 Å². The summed E-state index contributed by atoms with van der Waals surface area (Å²) < 4.78 is 11.1. The zero-order chi connectivity index (χ0) is 54.7. The summed E-state index contributed by atoms with van der Waals surface area (Å²) in [6.07, 6.45) is 56.2. The molecule has 0 aromatic rings. The molecule has 0 aliphatic carbocycles. The van der Waals surface area contributed by atoms with Crippen molar-refractivity contribution >= 4 is 5.91 Å². The van der Waals surface area contributed by atoms with E-state index in [1.807, 2.05) is 0 Å². The molecule has 1 heterocycles. The first-order valence-corrected chi connectivity index (χ1v) is 31.5. The quantitative estimate of drug-likeness (QED) is 0.0215. The second-order valence-electron chi connectivity index (χ2n) is 22.1. The van der Waals surface area contributed by atoms with Gasteiger partial charge in [0.25, 0.3) is 0 Å². The summed E-state index contributed by atoms with van der Waals surface area (Å²) >= 11 is 0. The Hall–Kier alpha value is -1.93. The minimum atomic E-state index is -1.67. The third-order valence-electron chi connectivity index (χ3n) is 15.1. The summed E-state index contributed by atoms with van der Waals surface area (Å²) in [4.78, 5) is 13.2. The molecule has 1 saturated heterocycles. The Morgan fingerprint density at radius 2 is 0.800 bits per heavy atom. The van der Waals surface area contributed by atoms with Crippen molar-refractivity contribution in [2.45, 2.75) is 339 Å². The topological polar surface area (TPSA) is 189 Å². The predicted molar refractivity (Wildman–Crippen MR) is 311 cm³/mol. The van der Waals surface area contributed by atoms with Crippen LogP contribution in [0.3, 0.4) is 0 Å². The molecule has 440 valence electrons. The fourth-order valence-electron chi connectivity index (χ4n) is 9.94. The zero-order valence-electron chi connectivity index (χ0n) is 48.3. The third kappa shape index (κ3) is 40.9. The molecule has 1 aliphatic rings. The molecule has 75 heavy (non-hydrogen) atoms. The Kier molecular flexibility index (Phi) is 50.0. The number of carbonyl (C=O) groups is 1. The third-order valence-corrected chi connectivity index (χ3v) is 15.1. The van der Waals surface area contributed by atoms with E-state index in [-0.39, 0.29) is 12.8 Å². The lowest BCUT2D eigenvalue weighted by molar-refractivity contribution is -0.303. The molecule has 0 aromatic carbocycles. The smallest absolute Gasteiger partial charge is 0.249 e. The van der Waals surface area contributed by atoms with E-state index in [2.05, 4.69) is 67.8 Å². The van der Waals surface area contributed by atoms with Crippen LogP contribution in [0.1, 0.15) is 284 Å². The number of ether oxygens (including phenoxy) is 2. The highest BCUT2D eigenvalue weighted by molar-refractivity contribution is 5.80. The fraction of sp³-hybridized carbons (Fsp3) is 0.859. The van der Waals surface area contributed by atoms with Gasteiger partial charge in [-0.15, -0.1) is 0 Å². The molecule has 9 unspecified atom stereocenters. The van der Waals surface area contributed by atoms with Gasteiger partial charge < -0.3 is 50.5 Å². The van der Waals surface area contributed by atoms with Crippen molar-refractivity contribution in [2.24, 2.45) is 0 Å². The van der Waals surface area contributed by atoms with Crippen molar-refractivity contribution in [3.63, 3.8) is 0 Å². The molecule has 0 bridgehead atoms. The second kappa shape index (κ2) is 52.8. The first-order chi connectivity index (χ1) is 36.7. The first-order valence-electron chi connectivity index (χ1n) is 31.5. The van der Waals surface area contributed by atoms with Crippen molar-refractivity contribution in [3.8, 4) is 0 Å². The summed E-state index contributed by atoms with van der Waals surface area (Å²) in [6.45, 7) is 3.43. The molecule has 8 N–H and O–H groups in total. The van der Waals surface area contributed by atoms with Crippen molar-refractivity contribution in [1.29, 1.82) is 0 Å². The van der Waals surface area contributed by atoms with Crippen LogP contribution >= 0.6 is 0 Å². The maximum absolute atomic E-state index is 13.2. The Bertz CT molecular complexity index is 1360. The number of nitrogens with one attached hydrogen (secondary N) is 1. The predicted octanol–water partition coefficient (Wildman–Crippen LogP) is 14.0. The summed E-state index contributed by atoms with van der Waals surface area (Å²) in [7, 11) is 0. The second-order valence-corrected chi connectivity index (χ2v) is 22.1. The Balaban J connectivity index is 2.22. The molecule has 1 fully saturated rings. The van der Waals surface area contributed by atoms with Crippen LogP contribution in [-0.2, 0) is 14.3 Å². The van der Waals surface area contributed by atoms with Crippen molar-refractivity contribution in [3.05, 3.63) is 48.6 Å². The average Bonchev–Trinajstić information content (AvgIpc) is 3.41. The molecule has 11 nitrogen and oxygen atoms in total. The van der Waals surface area contributed by atoms with Gasteiger partial charge >= 0.3 is 0 Å². The number of aliphatic hydroxyl groups excluding tert-OH is 7. The molecule has 1 aliphatic heterocycles. The Labute approximate surface area is 459 Å². The van der Waals surface area contributed by atoms with E-state index in [4.69, 9.17) is 9.47 Å². The van der Waals surface area contributed by atoms with Gasteiger partial charge in [0.1, 0.15) is 36.6 Å². The normalized spacial score (nSPS) is 20.0. The molecule has 0 saturated carbocycles. The lowest BCUT2D eigenvalue weighted by Gasteiger charge is -2.40. The van der Waals surface area contributed by atoms with Gasteiger partial charge in [-0.25, -0.2) is 0 Å². The highest BCUT2D eigenvalue weighted by atomic mass is 16.7. The lowest BCUT2D eigenvalue weighted by Crippen LogP contribution is -2.60. The van der Waals surface area contributed by atoms with Crippen LogP contribution in [0.15, 0.2) is 48.6 Å². The van der Waals surface area contributed by atoms with Crippen LogP contribution in [0.2, 0.25) is 0 Å². The molecule has 0 radical (unpaired) electrons. The number of unbranched alkanes of at least 4 members (excludes halogenated alkanes) is 34. The fourth-order valence-corrected chi connectivity index (χ4v) is 9.94. The highest BCUT2D eigenvalue weighted by Gasteiger charge is 2.44. The SMILES string of the molecule is CCCCC/C=C/CC/C=C/CC/C=C/CCCC(O)C(O)C(COC1OC(CO)C(O)C(O)C1O)NC(=O)C(O)CCCCCCCCCCCCCCCCCC/C=C\CCCCCCCCCCCCCC. The van der Waals surface area contributed by atoms with E-state index in [0.29, 0.717) is 19.3 Å². The maximum atomic E-state index is 13.2. The number of hydrogen-bond donors (Lipinski definition) is 8. The van der Waals surface area contributed by atoms with Gasteiger partial charge in [-0.3, -0.25) is 4.79 Å². The van der Waals surface area contributed by atoms with E-state index in [1.54, 1.807) is 0 Å². The van der Waals surface area contributed by atoms with E-state index in [1.165, 1.54) is 193 Å². The van der Waals surface area contributed by atoms with Gasteiger partial charge in [0.05, 0.1) is 25.4 Å². The number of amides is 1. The molecule has 0 aromatic heterocycles. The molecular weight excluding hydrogens is 943 g/mol. The lowest BCUT2D eigenvalue weighted by atomic mass is 9.98. The monoisotopic (exact) mass is 1060 g/mol. The highest BCUT2D eigenvalue weighted by Crippen LogP contribution is 2.23. The first kappa shape index (κ1) is 71.1. The van der Waals surface area contributed by atoms with Crippen molar-refractivity contribution < 1.29 is 50.0 Å². The van der Waals surface area contributed by atoms with Gasteiger partial charge in [0.2, 0.25) is 5.91 Å². The summed E-state index contributed by atoms with van der Waals surface area (Å²) in [6, 6.07) is -1.19. The molecule has 1 rings (SSSR count). The minimum absolute atomic E-state index is 0.241. The number of aliphatic hydroxyl groups is 7. The average molecular weight is 1060 g/mol. The van der Waals surface area contributed by atoms with Gasteiger partial charge in [-0.2, -0.15) is 0 Å². The van der Waals surface area contributed by atoms with Crippen LogP contribution in [-0.4, -0.2) is 110 Å². The zero-order valence-corrected chi connectivity index (χ0v) is 48.3. The summed E-state index contributed by atoms with van der Waals surface area (Å²) in [5.41, 5.74) is 0. The minimum Gasteiger partial charge on any atom is -0.394 e. The van der Waals surface area contributed by atoms with Gasteiger partial charge in [0.15, 0.2) is 6.29 Å². The van der Waals surface area contributed by atoms with Crippen LogP contribution in [0.4, 0.5) is 0 Å². The van der Waals surface area contributed by atoms with E-state index >= 15 is 0 Å². The van der Waals surface area contributed by atoms with Crippen molar-refractivity contribution in [1.82, 2.24) is 5.32 Å². The molecular formula is C64H119NO10. The standard InChI is InChI=1S/C64H119NO10/c1-3-5-7-9-11-13-15-17-19-21-22-23-24-25-26-27-28-29-30-31-32-33-34-35-36-38-40-42-44-46-48-50-52-57(68)63(73)65-55(54-74-64-62(72)61(71)60(70)58(53-66)75-64)59(69)56(67)51-49-47-45-43-41-39-37-20-18-16-14-12-10-8-6-4-2/h12,14,20,25-26,37,43,45,55-62,64,66-72H,3-11,13,15-19,21-24,27-36,38-42,44,46-54H2,1-2H3,(H,65,73)/b14-12+,26-25-,37-20+,45-43+. The van der Waals surface area contributed by atoms with Crippen LogP contribution in [0.25, 0.3) is 0 Å². The number of carbonyl (C=O) groups excluding carboxylic acids is 1. The van der Waals surface area contributed by atoms with Gasteiger partial charge in [0, 0.05) is 0 Å². The van der Waals surface area contributed by atoms with E-state index in [0.717, 1.165) is 44.9 Å². The number of rotatable bonds is 54. The number of hydrogen-bond acceptors (Lipinski definition) is 10. The Morgan fingerprint density at radius 3 is 1.21 bits per heavy atom. The summed E-state index contributed by atoms with van der Waals surface area (Å²) in [5, 5.41) is 76.1. The van der Waals surface area contributed by atoms with Crippen LogP contribution < -0.4 is 5.32 Å². The van der Waals surface area contributed by atoms with E-state index in [9.17, 15) is 40.5 Å². The van der Waals surface area contributed by atoms with Gasteiger partial charge in [-0.05, 0) is 89.9 Å². The maximum Gasteiger partial charge on any atom is 0.249 e. The van der Waals surface area contributed by atoms with Crippen molar-refractivity contribution in [2.75, 3.05) is 13.2 Å². The molecule has 1 amide bonds. The van der Waals surface area contributed by atoms with Gasteiger partial charge in [-0.1, -0.05) is 242 Å². The summed E-state index contributed by atoms with van der Waals surface area (Å²) in [5.74, 6) is -0.710. The largest absolute Gasteiger partial charge is 0.394 e. The van der Waals surface area contributed by atoms with Crippen LogP contribution in [0, 0.1) is 0 Å². The Morgan fingerprint density at radius 1 is 0.453 bits per heavy atom. The van der Waals surface area contributed by atoms with E-state index < -0.39 is 74.2 Å². The number of allylic oxidation sites excluding steroid dienone is 8.